The molecular formula is C15H17N3O3. The summed E-state index contributed by atoms with van der Waals surface area (Å²) in [7, 11) is 2.96. The largest absolute Gasteiger partial charge is 0.497 e. The lowest BCUT2D eigenvalue weighted by Gasteiger charge is -2.07. The van der Waals surface area contributed by atoms with Crippen molar-refractivity contribution in [2.45, 2.75) is 6.42 Å². The summed E-state index contributed by atoms with van der Waals surface area (Å²) in [6.45, 7) is 0.708. The van der Waals surface area contributed by atoms with Crippen LogP contribution in [0.5, 0.6) is 5.75 Å². The summed E-state index contributed by atoms with van der Waals surface area (Å²) in [6.07, 6.45) is 3.73. The van der Waals surface area contributed by atoms with Crippen LogP contribution in [-0.4, -0.2) is 36.7 Å². The summed E-state index contributed by atoms with van der Waals surface area (Å²) >= 11 is 0. The highest BCUT2D eigenvalue weighted by atomic mass is 16.5. The van der Waals surface area contributed by atoms with Crippen molar-refractivity contribution >= 4 is 11.8 Å². The first-order valence-electron chi connectivity index (χ1n) is 6.50. The van der Waals surface area contributed by atoms with Crippen molar-refractivity contribution in [2.24, 2.45) is 0 Å². The van der Waals surface area contributed by atoms with E-state index in [2.05, 4.69) is 20.0 Å². The molecule has 0 aliphatic carbocycles. The number of aromatic nitrogens is 2. The van der Waals surface area contributed by atoms with Crippen LogP contribution in [0.3, 0.4) is 0 Å². The monoisotopic (exact) mass is 287 g/mol. The van der Waals surface area contributed by atoms with Gasteiger partial charge >= 0.3 is 5.97 Å². The molecule has 0 aliphatic heterocycles. The normalized spacial score (nSPS) is 10.0. The Kier molecular flexibility index (Phi) is 5.09. The van der Waals surface area contributed by atoms with Crippen LogP contribution in [0.15, 0.2) is 36.7 Å². The van der Waals surface area contributed by atoms with Gasteiger partial charge in [0, 0.05) is 6.54 Å². The lowest BCUT2D eigenvalue weighted by Crippen LogP contribution is -2.09. The fourth-order valence-corrected chi connectivity index (χ4v) is 1.79. The summed E-state index contributed by atoms with van der Waals surface area (Å²) in [4.78, 5) is 19.3. The molecule has 0 saturated carbocycles. The highest BCUT2D eigenvalue weighted by molar-refractivity contribution is 5.86. The number of carbonyl (C=O) groups is 1. The van der Waals surface area contributed by atoms with Crippen LogP contribution in [0.2, 0.25) is 0 Å². The number of nitrogens with zero attached hydrogens (tertiary/aromatic N) is 2. The first-order chi connectivity index (χ1) is 10.2. The van der Waals surface area contributed by atoms with Crippen molar-refractivity contribution in [1.29, 1.82) is 0 Å². The van der Waals surface area contributed by atoms with Gasteiger partial charge in [0.05, 0.1) is 26.6 Å². The predicted molar refractivity (Wildman–Crippen MR) is 78.6 cm³/mol. The topological polar surface area (TPSA) is 73.3 Å². The van der Waals surface area contributed by atoms with E-state index in [0.29, 0.717) is 12.4 Å². The molecule has 0 amide bonds. The quantitative estimate of drug-likeness (QED) is 0.818. The summed E-state index contributed by atoms with van der Waals surface area (Å²) in [6, 6.07) is 7.90. The van der Waals surface area contributed by atoms with E-state index in [1.54, 1.807) is 7.11 Å². The van der Waals surface area contributed by atoms with Crippen LogP contribution >= 0.6 is 0 Å². The van der Waals surface area contributed by atoms with Crippen LogP contribution in [0.1, 0.15) is 16.1 Å². The Hall–Kier alpha value is -2.63. The van der Waals surface area contributed by atoms with Crippen LogP contribution < -0.4 is 10.1 Å². The van der Waals surface area contributed by atoms with Gasteiger partial charge in [-0.1, -0.05) is 12.1 Å². The minimum atomic E-state index is -0.495. The summed E-state index contributed by atoms with van der Waals surface area (Å²) in [5.74, 6) is 0.964. The van der Waals surface area contributed by atoms with Gasteiger partial charge in [0.1, 0.15) is 11.6 Å². The number of nitrogens with one attached hydrogen (secondary N) is 1. The number of rotatable bonds is 6. The van der Waals surface area contributed by atoms with Crippen LogP contribution in [-0.2, 0) is 11.2 Å². The standard InChI is InChI=1S/C15H17N3O3/c1-20-12-5-3-4-11(8-12)6-7-16-14-10-17-13(9-18-14)15(19)21-2/h3-5,8-10H,6-7H2,1-2H3,(H,16,18). The van der Waals surface area contributed by atoms with Gasteiger partial charge in [0.25, 0.3) is 0 Å². The molecule has 21 heavy (non-hydrogen) atoms. The van der Waals surface area contributed by atoms with E-state index in [0.717, 1.165) is 12.2 Å². The van der Waals surface area contributed by atoms with Crippen LogP contribution in [0.4, 0.5) is 5.82 Å². The molecule has 1 heterocycles. The highest BCUT2D eigenvalue weighted by Crippen LogP contribution is 2.13. The number of benzene rings is 1. The molecule has 0 unspecified atom stereocenters. The zero-order valence-corrected chi connectivity index (χ0v) is 12.0. The predicted octanol–water partition coefficient (Wildman–Crippen LogP) is 1.93. The third-order valence-electron chi connectivity index (χ3n) is 2.90. The molecule has 110 valence electrons. The highest BCUT2D eigenvalue weighted by Gasteiger charge is 2.07. The number of carbonyl (C=O) groups excluding carboxylic acids is 1. The maximum atomic E-state index is 11.2. The van der Waals surface area contributed by atoms with Gasteiger partial charge in [-0.2, -0.15) is 0 Å². The summed E-state index contributed by atoms with van der Waals surface area (Å²) in [5, 5.41) is 3.15. The average molecular weight is 287 g/mol. The van der Waals surface area contributed by atoms with Crippen molar-refractivity contribution < 1.29 is 14.3 Å². The number of hydrogen-bond acceptors (Lipinski definition) is 6. The molecule has 1 aromatic carbocycles. The van der Waals surface area contributed by atoms with Gasteiger partial charge < -0.3 is 14.8 Å². The second kappa shape index (κ2) is 7.23. The molecule has 6 nitrogen and oxygen atoms in total. The Bertz CT molecular complexity index is 599. The maximum Gasteiger partial charge on any atom is 0.358 e. The van der Waals surface area contributed by atoms with E-state index in [1.807, 2.05) is 24.3 Å². The van der Waals surface area contributed by atoms with Gasteiger partial charge in [-0.3, -0.25) is 0 Å². The van der Waals surface area contributed by atoms with Crippen LogP contribution in [0.25, 0.3) is 0 Å². The molecule has 2 rings (SSSR count). The van der Waals surface area contributed by atoms with E-state index in [9.17, 15) is 4.79 Å². The molecule has 1 aromatic heterocycles. The molecule has 0 aliphatic rings. The number of methoxy groups -OCH3 is 2. The van der Waals surface area contributed by atoms with E-state index in [4.69, 9.17) is 4.74 Å². The van der Waals surface area contributed by atoms with Gasteiger partial charge in [-0.15, -0.1) is 0 Å². The van der Waals surface area contributed by atoms with Crippen molar-refractivity contribution in [3.8, 4) is 5.75 Å². The lowest BCUT2D eigenvalue weighted by molar-refractivity contribution is 0.0593. The minimum Gasteiger partial charge on any atom is -0.497 e. The number of anilines is 1. The number of ether oxygens (including phenoxy) is 2. The zero-order valence-electron chi connectivity index (χ0n) is 12.0. The third kappa shape index (κ3) is 4.17. The Labute approximate surface area is 123 Å². The van der Waals surface area contributed by atoms with E-state index >= 15 is 0 Å². The fraction of sp³-hybridized carbons (Fsp3) is 0.267. The lowest BCUT2D eigenvalue weighted by atomic mass is 10.1. The maximum absolute atomic E-state index is 11.2. The van der Waals surface area contributed by atoms with Crippen molar-refractivity contribution in [3.05, 3.63) is 47.9 Å². The Morgan fingerprint density at radius 3 is 2.76 bits per heavy atom. The van der Waals surface area contributed by atoms with Crippen LogP contribution in [0, 0.1) is 0 Å². The molecule has 0 fully saturated rings. The Morgan fingerprint density at radius 2 is 2.10 bits per heavy atom. The molecule has 0 radical (unpaired) electrons. The molecule has 0 bridgehead atoms. The first-order valence-corrected chi connectivity index (χ1v) is 6.50. The van der Waals surface area contributed by atoms with Gasteiger partial charge in [-0.25, -0.2) is 14.8 Å². The third-order valence-corrected chi connectivity index (χ3v) is 2.90. The second-order valence-electron chi connectivity index (χ2n) is 4.31. The average Bonchev–Trinajstić information content (AvgIpc) is 2.55. The molecule has 1 N–H and O–H groups in total. The Balaban J connectivity index is 1.87. The fourth-order valence-electron chi connectivity index (χ4n) is 1.79. The van der Waals surface area contributed by atoms with E-state index < -0.39 is 5.97 Å². The second-order valence-corrected chi connectivity index (χ2v) is 4.31. The summed E-state index contributed by atoms with van der Waals surface area (Å²) in [5.41, 5.74) is 1.36. The molecule has 2 aromatic rings. The van der Waals surface area contributed by atoms with Crippen molar-refractivity contribution in [1.82, 2.24) is 9.97 Å². The summed E-state index contributed by atoms with van der Waals surface area (Å²) < 4.78 is 9.74. The zero-order chi connectivity index (χ0) is 15.1. The van der Waals surface area contributed by atoms with Crippen molar-refractivity contribution in [2.75, 3.05) is 26.1 Å². The molecular weight excluding hydrogens is 270 g/mol. The Morgan fingerprint density at radius 1 is 1.24 bits per heavy atom. The smallest absolute Gasteiger partial charge is 0.358 e. The van der Waals surface area contributed by atoms with Gasteiger partial charge in [0.15, 0.2) is 5.69 Å². The van der Waals surface area contributed by atoms with E-state index in [-0.39, 0.29) is 5.69 Å². The van der Waals surface area contributed by atoms with Gasteiger partial charge in [-0.05, 0) is 24.1 Å². The number of hydrogen-bond donors (Lipinski definition) is 1. The van der Waals surface area contributed by atoms with Gasteiger partial charge in [0.2, 0.25) is 0 Å². The van der Waals surface area contributed by atoms with Crippen molar-refractivity contribution in [3.63, 3.8) is 0 Å². The molecule has 0 saturated heterocycles. The minimum absolute atomic E-state index is 0.191. The SMILES string of the molecule is COC(=O)c1cnc(NCCc2cccc(OC)c2)cn1. The first kappa shape index (κ1) is 14.8. The number of esters is 1. The molecule has 6 heteroatoms. The molecule has 0 atom stereocenters. The van der Waals surface area contributed by atoms with E-state index in [1.165, 1.54) is 25.1 Å². The molecule has 0 spiro atoms.